The van der Waals surface area contributed by atoms with E-state index in [1.165, 1.54) is 12.1 Å². The van der Waals surface area contributed by atoms with Crippen molar-refractivity contribution in [3.63, 3.8) is 0 Å². The van der Waals surface area contributed by atoms with Gasteiger partial charge in [0.15, 0.2) is 0 Å². The summed E-state index contributed by atoms with van der Waals surface area (Å²) in [5.74, 6) is -0.643. The molecule has 0 aromatic heterocycles. The number of morpholine rings is 1. The van der Waals surface area contributed by atoms with Gasteiger partial charge >= 0.3 is 0 Å². The number of rotatable bonds is 8. The van der Waals surface area contributed by atoms with Crippen molar-refractivity contribution in [3.05, 3.63) is 35.6 Å². The molecule has 2 saturated heterocycles. The molecule has 3 N–H and O–H groups in total. The maximum atomic E-state index is 13.2. The number of amides is 2. The van der Waals surface area contributed by atoms with Crippen LogP contribution < -0.4 is 10.6 Å². The lowest BCUT2D eigenvalue weighted by Crippen LogP contribution is -2.53. The molecule has 0 saturated carbocycles. The average molecular weight is 423 g/mol. The fourth-order valence-corrected chi connectivity index (χ4v) is 3.79. The van der Waals surface area contributed by atoms with E-state index in [1.54, 1.807) is 12.1 Å². The van der Waals surface area contributed by atoms with Crippen LogP contribution in [0.5, 0.6) is 0 Å². The molecule has 2 amide bonds. The number of carbonyl (C=O) groups is 2. The molecule has 0 unspecified atom stereocenters. The van der Waals surface area contributed by atoms with Gasteiger partial charge < -0.3 is 25.2 Å². The summed E-state index contributed by atoms with van der Waals surface area (Å²) in [6, 6.07) is 5.79. The fraction of sp³-hybridized carbons (Fsp3) is 0.619. The standard InChI is InChI=1S/C21H30FN3O5/c22-16-3-1-2-15(10-16)12-23-20(27)11-17-4-5-18(19(14-26)30-17)24-21(28)13-25-6-8-29-9-7-25/h1-3,10,17-19,26H,4-9,11-14H2,(H,23,27)(H,24,28)/t17-,18+,19+/m0/s1. The SMILES string of the molecule is O=C(C[C@@H]1CC[C@@H](NC(=O)CN2CCOCC2)[C@@H](CO)O1)NCc1cccc(F)c1. The van der Waals surface area contributed by atoms with Crippen LogP contribution in [0.3, 0.4) is 0 Å². The minimum Gasteiger partial charge on any atom is -0.394 e. The van der Waals surface area contributed by atoms with Crippen molar-refractivity contribution in [2.75, 3.05) is 39.5 Å². The lowest BCUT2D eigenvalue weighted by molar-refractivity contribution is -0.136. The molecule has 8 nitrogen and oxygen atoms in total. The highest BCUT2D eigenvalue weighted by Gasteiger charge is 2.33. The largest absolute Gasteiger partial charge is 0.394 e. The normalized spacial score (nSPS) is 24.9. The zero-order chi connectivity index (χ0) is 21.3. The van der Waals surface area contributed by atoms with Gasteiger partial charge in [-0.3, -0.25) is 14.5 Å². The molecular formula is C21H30FN3O5. The summed E-state index contributed by atoms with van der Waals surface area (Å²) in [6.45, 7) is 3.01. The fourth-order valence-electron chi connectivity index (χ4n) is 3.79. The van der Waals surface area contributed by atoms with Gasteiger partial charge in [-0.05, 0) is 30.5 Å². The number of nitrogens with zero attached hydrogens (tertiary/aromatic N) is 1. The molecule has 0 bridgehead atoms. The van der Waals surface area contributed by atoms with Crippen molar-refractivity contribution >= 4 is 11.8 Å². The molecule has 2 aliphatic heterocycles. The monoisotopic (exact) mass is 423 g/mol. The zero-order valence-corrected chi connectivity index (χ0v) is 17.0. The predicted octanol–water partition coefficient (Wildman–Crippen LogP) is 0.189. The Kier molecular flexibility index (Phi) is 8.56. The van der Waals surface area contributed by atoms with Crippen molar-refractivity contribution < 1.29 is 28.6 Å². The summed E-state index contributed by atoms with van der Waals surface area (Å²) in [5.41, 5.74) is 0.684. The Morgan fingerprint density at radius 1 is 1.20 bits per heavy atom. The van der Waals surface area contributed by atoms with Crippen LogP contribution in [0.25, 0.3) is 0 Å². The third-order valence-electron chi connectivity index (χ3n) is 5.40. The van der Waals surface area contributed by atoms with E-state index >= 15 is 0 Å². The minimum absolute atomic E-state index is 0.102. The molecule has 3 rings (SSSR count). The van der Waals surface area contributed by atoms with Gasteiger partial charge in [0, 0.05) is 19.6 Å². The van der Waals surface area contributed by atoms with Crippen molar-refractivity contribution in [3.8, 4) is 0 Å². The number of ether oxygens (including phenoxy) is 2. The van der Waals surface area contributed by atoms with Crippen molar-refractivity contribution in [2.45, 2.75) is 44.1 Å². The highest BCUT2D eigenvalue weighted by Crippen LogP contribution is 2.22. The van der Waals surface area contributed by atoms with E-state index in [0.29, 0.717) is 38.2 Å². The number of aliphatic hydroxyl groups excluding tert-OH is 1. The number of aliphatic hydroxyl groups is 1. The Bertz CT molecular complexity index is 714. The van der Waals surface area contributed by atoms with Crippen LogP contribution in [0.1, 0.15) is 24.8 Å². The van der Waals surface area contributed by atoms with Gasteiger partial charge in [0.05, 0.1) is 44.9 Å². The second-order valence-corrected chi connectivity index (χ2v) is 7.73. The molecule has 9 heteroatoms. The number of hydrogen-bond acceptors (Lipinski definition) is 6. The highest BCUT2D eigenvalue weighted by atomic mass is 19.1. The summed E-state index contributed by atoms with van der Waals surface area (Å²) in [6.07, 6.45) is 0.504. The Labute approximate surface area is 175 Å². The van der Waals surface area contributed by atoms with Gasteiger partial charge in [0.1, 0.15) is 11.9 Å². The first-order chi connectivity index (χ1) is 14.5. The second-order valence-electron chi connectivity index (χ2n) is 7.73. The van der Waals surface area contributed by atoms with Gasteiger partial charge in [0.2, 0.25) is 11.8 Å². The molecule has 166 valence electrons. The summed E-state index contributed by atoms with van der Waals surface area (Å²) in [4.78, 5) is 26.6. The predicted molar refractivity (Wildman–Crippen MR) is 107 cm³/mol. The van der Waals surface area contributed by atoms with Crippen molar-refractivity contribution in [2.24, 2.45) is 0 Å². The molecule has 0 radical (unpaired) electrons. The summed E-state index contributed by atoms with van der Waals surface area (Å²) in [7, 11) is 0. The van der Waals surface area contributed by atoms with Crippen molar-refractivity contribution in [1.82, 2.24) is 15.5 Å². The number of halogens is 1. The topological polar surface area (TPSA) is 100 Å². The van der Waals surface area contributed by atoms with E-state index in [4.69, 9.17) is 9.47 Å². The lowest BCUT2D eigenvalue weighted by atomic mass is 9.97. The van der Waals surface area contributed by atoms with Crippen LogP contribution in [-0.4, -0.2) is 79.5 Å². The lowest BCUT2D eigenvalue weighted by Gasteiger charge is -2.36. The number of hydrogen-bond donors (Lipinski definition) is 3. The van der Waals surface area contributed by atoms with Crippen LogP contribution in [0.15, 0.2) is 24.3 Å². The molecule has 30 heavy (non-hydrogen) atoms. The highest BCUT2D eigenvalue weighted by molar-refractivity contribution is 5.78. The van der Waals surface area contributed by atoms with E-state index in [0.717, 1.165) is 13.1 Å². The van der Waals surface area contributed by atoms with E-state index in [9.17, 15) is 19.1 Å². The van der Waals surface area contributed by atoms with Gasteiger partial charge in [-0.2, -0.15) is 0 Å². The van der Waals surface area contributed by atoms with E-state index in [-0.39, 0.29) is 49.3 Å². The number of nitrogens with one attached hydrogen (secondary N) is 2. The van der Waals surface area contributed by atoms with Crippen LogP contribution in [-0.2, 0) is 25.6 Å². The molecular weight excluding hydrogens is 393 g/mol. The first-order valence-electron chi connectivity index (χ1n) is 10.4. The van der Waals surface area contributed by atoms with Gasteiger partial charge in [-0.1, -0.05) is 12.1 Å². The first-order valence-corrected chi connectivity index (χ1v) is 10.4. The van der Waals surface area contributed by atoms with Crippen LogP contribution in [0.2, 0.25) is 0 Å². The molecule has 3 atom stereocenters. The Balaban J connectivity index is 1.40. The molecule has 0 spiro atoms. The molecule has 2 fully saturated rings. The van der Waals surface area contributed by atoms with E-state index < -0.39 is 6.10 Å². The van der Waals surface area contributed by atoms with Crippen LogP contribution in [0, 0.1) is 5.82 Å². The van der Waals surface area contributed by atoms with E-state index in [2.05, 4.69) is 10.6 Å². The van der Waals surface area contributed by atoms with Crippen LogP contribution >= 0.6 is 0 Å². The van der Waals surface area contributed by atoms with Crippen LogP contribution in [0.4, 0.5) is 4.39 Å². The first kappa shape index (κ1) is 22.6. The van der Waals surface area contributed by atoms with Gasteiger partial charge in [-0.15, -0.1) is 0 Å². The smallest absolute Gasteiger partial charge is 0.234 e. The quantitative estimate of drug-likeness (QED) is 0.552. The Morgan fingerprint density at radius 2 is 2.00 bits per heavy atom. The number of benzene rings is 1. The molecule has 2 aliphatic rings. The molecule has 0 aliphatic carbocycles. The number of carbonyl (C=O) groups excluding carboxylic acids is 2. The Hall–Kier alpha value is -2.07. The van der Waals surface area contributed by atoms with E-state index in [1.807, 2.05) is 4.90 Å². The molecule has 1 aromatic carbocycles. The maximum Gasteiger partial charge on any atom is 0.234 e. The minimum atomic E-state index is -0.548. The molecule has 2 heterocycles. The summed E-state index contributed by atoms with van der Waals surface area (Å²) < 4.78 is 24.4. The van der Waals surface area contributed by atoms with Gasteiger partial charge in [0.25, 0.3) is 0 Å². The molecule has 1 aromatic rings. The Morgan fingerprint density at radius 3 is 2.73 bits per heavy atom. The zero-order valence-electron chi connectivity index (χ0n) is 17.0. The summed E-state index contributed by atoms with van der Waals surface area (Å²) >= 11 is 0. The average Bonchev–Trinajstić information content (AvgIpc) is 2.74. The third-order valence-corrected chi connectivity index (χ3v) is 5.40. The maximum absolute atomic E-state index is 13.2. The summed E-state index contributed by atoms with van der Waals surface area (Å²) in [5, 5.41) is 15.4. The second kappa shape index (κ2) is 11.4. The third kappa shape index (κ3) is 7.02. The van der Waals surface area contributed by atoms with Gasteiger partial charge in [-0.25, -0.2) is 4.39 Å². The van der Waals surface area contributed by atoms with Crippen molar-refractivity contribution in [1.29, 1.82) is 0 Å².